The SMILES string of the molecule is COC(=O)[C@H](C)OC(=O)c1ccc(NS(=O)(=O)c2ccccc2)cc1. The zero-order valence-corrected chi connectivity index (χ0v) is 14.4. The highest BCUT2D eigenvalue weighted by molar-refractivity contribution is 7.92. The molecule has 0 fully saturated rings. The zero-order valence-electron chi connectivity index (χ0n) is 13.6. The minimum atomic E-state index is -3.71. The van der Waals surface area contributed by atoms with Gasteiger partial charge in [-0.05, 0) is 43.3 Å². The van der Waals surface area contributed by atoms with Crippen LogP contribution in [-0.4, -0.2) is 33.6 Å². The van der Waals surface area contributed by atoms with Gasteiger partial charge in [0.25, 0.3) is 10.0 Å². The smallest absolute Gasteiger partial charge is 0.346 e. The molecular formula is C17H17NO6S. The van der Waals surface area contributed by atoms with Crippen molar-refractivity contribution in [1.82, 2.24) is 0 Å². The maximum atomic E-state index is 12.2. The molecule has 25 heavy (non-hydrogen) atoms. The maximum absolute atomic E-state index is 12.2. The molecule has 0 aromatic heterocycles. The van der Waals surface area contributed by atoms with Crippen molar-refractivity contribution < 1.29 is 27.5 Å². The number of hydrogen-bond donors (Lipinski definition) is 1. The van der Waals surface area contributed by atoms with Crippen molar-refractivity contribution in [1.29, 1.82) is 0 Å². The van der Waals surface area contributed by atoms with Gasteiger partial charge in [-0.1, -0.05) is 18.2 Å². The van der Waals surface area contributed by atoms with Crippen LogP contribution < -0.4 is 4.72 Å². The topological polar surface area (TPSA) is 98.8 Å². The third-order valence-electron chi connectivity index (χ3n) is 3.24. The van der Waals surface area contributed by atoms with Crippen LogP contribution in [-0.2, 0) is 24.3 Å². The first-order chi connectivity index (χ1) is 11.8. The van der Waals surface area contributed by atoms with Gasteiger partial charge in [-0.2, -0.15) is 0 Å². The summed E-state index contributed by atoms with van der Waals surface area (Å²) >= 11 is 0. The summed E-state index contributed by atoms with van der Waals surface area (Å²) in [5, 5.41) is 0. The van der Waals surface area contributed by atoms with Crippen LogP contribution in [0.1, 0.15) is 17.3 Å². The standard InChI is InChI=1S/C17H17NO6S/c1-12(16(19)23-2)24-17(20)13-8-10-14(11-9-13)18-25(21,22)15-6-4-3-5-7-15/h3-12,18H,1-2H3/t12-/m0/s1. The van der Waals surface area contributed by atoms with Crippen LogP contribution in [0.3, 0.4) is 0 Å². The fraction of sp³-hybridized carbons (Fsp3) is 0.176. The van der Waals surface area contributed by atoms with Crippen LogP contribution in [0.2, 0.25) is 0 Å². The summed E-state index contributed by atoms with van der Waals surface area (Å²) < 4.78 is 36.3. The highest BCUT2D eigenvalue weighted by Gasteiger charge is 2.19. The Hall–Kier alpha value is -2.87. The van der Waals surface area contributed by atoms with E-state index in [2.05, 4.69) is 9.46 Å². The molecule has 0 aliphatic rings. The molecule has 132 valence electrons. The number of anilines is 1. The molecule has 0 spiro atoms. The van der Waals surface area contributed by atoms with Crippen LogP contribution in [0.4, 0.5) is 5.69 Å². The van der Waals surface area contributed by atoms with E-state index in [0.717, 1.165) is 0 Å². The Kier molecular flexibility index (Phi) is 5.76. The first-order valence-corrected chi connectivity index (χ1v) is 8.78. The van der Waals surface area contributed by atoms with Gasteiger partial charge in [0.2, 0.25) is 0 Å². The number of carbonyl (C=O) groups excluding carboxylic acids is 2. The third-order valence-corrected chi connectivity index (χ3v) is 4.64. The minimum absolute atomic E-state index is 0.130. The van der Waals surface area contributed by atoms with Gasteiger partial charge in [0, 0.05) is 5.69 Å². The van der Waals surface area contributed by atoms with Gasteiger partial charge in [-0.25, -0.2) is 18.0 Å². The molecule has 0 radical (unpaired) electrons. The van der Waals surface area contributed by atoms with Crippen LogP contribution in [0.25, 0.3) is 0 Å². The Balaban J connectivity index is 2.07. The van der Waals surface area contributed by atoms with E-state index in [1.165, 1.54) is 50.4 Å². The van der Waals surface area contributed by atoms with Crippen molar-refractivity contribution >= 4 is 27.6 Å². The molecule has 0 bridgehead atoms. The van der Waals surface area contributed by atoms with E-state index in [1.54, 1.807) is 18.2 Å². The Labute approximate surface area is 145 Å². The van der Waals surface area contributed by atoms with E-state index < -0.39 is 28.1 Å². The van der Waals surface area contributed by atoms with Crippen molar-refractivity contribution in [3.05, 3.63) is 60.2 Å². The Bertz CT molecular complexity index is 846. The van der Waals surface area contributed by atoms with Crippen LogP contribution >= 0.6 is 0 Å². The molecule has 0 aliphatic heterocycles. The molecule has 0 heterocycles. The normalized spacial score (nSPS) is 12.1. The second kappa shape index (κ2) is 7.80. The maximum Gasteiger partial charge on any atom is 0.346 e. The molecule has 0 saturated carbocycles. The molecule has 1 atom stereocenters. The molecule has 2 aromatic carbocycles. The van der Waals surface area contributed by atoms with Gasteiger partial charge < -0.3 is 9.47 Å². The molecule has 1 N–H and O–H groups in total. The summed E-state index contributed by atoms with van der Waals surface area (Å²) in [5.41, 5.74) is 0.472. The molecule has 0 unspecified atom stereocenters. The number of rotatable bonds is 6. The number of methoxy groups -OCH3 is 1. The first kappa shape index (κ1) is 18.5. The van der Waals surface area contributed by atoms with E-state index in [1.807, 2.05) is 0 Å². The van der Waals surface area contributed by atoms with Gasteiger partial charge in [-0.15, -0.1) is 0 Å². The van der Waals surface area contributed by atoms with Gasteiger partial charge >= 0.3 is 11.9 Å². The van der Waals surface area contributed by atoms with Crippen molar-refractivity contribution in [2.75, 3.05) is 11.8 Å². The average Bonchev–Trinajstić information content (AvgIpc) is 2.62. The monoisotopic (exact) mass is 363 g/mol. The molecule has 0 aliphatic carbocycles. The number of nitrogens with one attached hydrogen (secondary N) is 1. The van der Waals surface area contributed by atoms with E-state index in [-0.39, 0.29) is 10.5 Å². The van der Waals surface area contributed by atoms with Crippen molar-refractivity contribution in [3.63, 3.8) is 0 Å². The molecule has 7 nitrogen and oxygen atoms in total. The molecular weight excluding hydrogens is 346 g/mol. The summed E-state index contributed by atoms with van der Waals surface area (Å²) in [7, 11) is -2.51. The third kappa shape index (κ3) is 4.80. The fourth-order valence-corrected chi connectivity index (χ4v) is 3.01. The molecule has 8 heteroatoms. The summed E-state index contributed by atoms with van der Waals surface area (Å²) in [5.74, 6) is -1.38. The predicted molar refractivity (Wildman–Crippen MR) is 90.6 cm³/mol. The Morgan fingerprint density at radius 1 is 1.00 bits per heavy atom. The number of hydrogen-bond acceptors (Lipinski definition) is 6. The van der Waals surface area contributed by atoms with Crippen molar-refractivity contribution in [3.8, 4) is 0 Å². The summed E-state index contributed by atoms with van der Waals surface area (Å²) in [6, 6.07) is 13.6. The predicted octanol–water partition coefficient (Wildman–Crippen LogP) is 2.21. The summed E-state index contributed by atoms with van der Waals surface area (Å²) in [4.78, 5) is 23.3. The number of sulfonamides is 1. The highest BCUT2D eigenvalue weighted by atomic mass is 32.2. The second-order valence-corrected chi connectivity index (χ2v) is 6.75. The second-order valence-electron chi connectivity index (χ2n) is 5.07. The first-order valence-electron chi connectivity index (χ1n) is 7.30. The van der Waals surface area contributed by atoms with E-state index in [9.17, 15) is 18.0 Å². The average molecular weight is 363 g/mol. The molecule has 0 saturated heterocycles. The summed E-state index contributed by atoms with van der Waals surface area (Å²) in [6.45, 7) is 1.39. The fourth-order valence-electron chi connectivity index (χ4n) is 1.93. The number of carbonyl (C=O) groups is 2. The number of ether oxygens (including phenoxy) is 2. The van der Waals surface area contributed by atoms with Crippen molar-refractivity contribution in [2.24, 2.45) is 0 Å². The molecule has 0 amide bonds. The largest absolute Gasteiger partial charge is 0.466 e. The minimum Gasteiger partial charge on any atom is -0.466 e. The lowest BCUT2D eigenvalue weighted by molar-refractivity contribution is -0.149. The van der Waals surface area contributed by atoms with Crippen molar-refractivity contribution in [2.45, 2.75) is 17.9 Å². The van der Waals surface area contributed by atoms with E-state index >= 15 is 0 Å². The Morgan fingerprint density at radius 2 is 1.60 bits per heavy atom. The van der Waals surface area contributed by atoms with Crippen LogP contribution in [0.15, 0.2) is 59.5 Å². The molecule has 2 rings (SSSR count). The quantitative estimate of drug-likeness (QED) is 0.790. The van der Waals surface area contributed by atoms with E-state index in [4.69, 9.17) is 4.74 Å². The zero-order chi connectivity index (χ0) is 18.4. The van der Waals surface area contributed by atoms with E-state index in [0.29, 0.717) is 5.69 Å². The van der Waals surface area contributed by atoms with Crippen LogP contribution in [0, 0.1) is 0 Å². The summed E-state index contributed by atoms with van der Waals surface area (Å²) in [6.07, 6.45) is -1.03. The van der Waals surface area contributed by atoms with Gasteiger partial charge in [0.05, 0.1) is 17.6 Å². The number of benzene rings is 2. The van der Waals surface area contributed by atoms with Gasteiger partial charge in [-0.3, -0.25) is 4.72 Å². The highest BCUT2D eigenvalue weighted by Crippen LogP contribution is 2.17. The number of esters is 2. The lowest BCUT2D eigenvalue weighted by atomic mass is 10.2. The Morgan fingerprint density at radius 3 is 2.16 bits per heavy atom. The lowest BCUT2D eigenvalue weighted by Crippen LogP contribution is -2.25. The molecule has 2 aromatic rings. The lowest BCUT2D eigenvalue weighted by Gasteiger charge is -2.11. The van der Waals surface area contributed by atoms with Crippen LogP contribution in [0.5, 0.6) is 0 Å². The van der Waals surface area contributed by atoms with Gasteiger partial charge in [0.1, 0.15) is 0 Å². The van der Waals surface area contributed by atoms with Gasteiger partial charge in [0.15, 0.2) is 6.10 Å².